The standard InChI is InChI=1S/C21H26N2O3/c24-21(15-26-18-9-8-16-5-3-6-17(16)13-18)22-14-19(20-7-4-12-25-20)23-10-1-2-11-23/h4,7-9,12-13,19H,1-3,5-6,10-11,14-15H2,(H,22,24)/p+1/t19-/m1/s1. The van der Waals surface area contributed by atoms with Crippen molar-refractivity contribution in [3.8, 4) is 5.75 Å². The van der Waals surface area contributed by atoms with E-state index in [4.69, 9.17) is 9.15 Å². The summed E-state index contributed by atoms with van der Waals surface area (Å²) >= 11 is 0. The van der Waals surface area contributed by atoms with Gasteiger partial charge in [0.05, 0.1) is 25.9 Å². The zero-order valence-corrected chi connectivity index (χ0v) is 15.1. The van der Waals surface area contributed by atoms with Crippen molar-refractivity contribution in [2.24, 2.45) is 0 Å². The number of fused-ring (bicyclic) bond motifs is 1. The molecular weight excluding hydrogens is 328 g/mol. The van der Waals surface area contributed by atoms with Crippen LogP contribution in [0.15, 0.2) is 41.0 Å². The number of carbonyl (C=O) groups excluding carboxylic acids is 1. The van der Waals surface area contributed by atoms with Crippen LogP contribution in [0.5, 0.6) is 5.75 Å². The third-order valence-electron chi connectivity index (χ3n) is 5.57. The number of hydrogen-bond donors (Lipinski definition) is 2. The molecule has 0 bridgehead atoms. The van der Waals surface area contributed by atoms with E-state index in [0.717, 1.165) is 37.4 Å². The lowest BCUT2D eigenvalue weighted by atomic mass is 10.1. The van der Waals surface area contributed by atoms with Crippen molar-refractivity contribution in [1.82, 2.24) is 5.32 Å². The molecule has 2 aliphatic rings. The number of benzene rings is 1. The van der Waals surface area contributed by atoms with Crippen LogP contribution in [0.25, 0.3) is 0 Å². The summed E-state index contributed by atoms with van der Waals surface area (Å²) in [7, 11) is 0. The maximum absolute atomic E-state index is 12.3. The van der Waals surface area contributed by atoms with Gasteiger partial charge in [-0.25, -0.2) is 0 Å². The molecule has 1 saturated heterocycles. The van der Waals surface area contributed by atoms with Crippen LogP contribution >= 0.6 is 0 Å². The molecule has 0 spiro atoms. The largest absolute Gasteiger partial charge is 0.484 e. The SMILES string of the molecule is O=C(COc1ccc2c(c1)CCC2)NC[C@H](c1ccco1)[NH+]1CCCC1. The second-order valence-electron chi connectivity index (χ2n) is 7.31. The van der Waals surface area contributed by atoms with Gasteiger partial charge in [-0.05, 0) is 54.7 Å². The Bertz CT molecular complexity index is 736. The first kappa shape index (κ1) is 17.2. The fraction of sp³-hybridized carbons (Fsp3) is 0.476. The van der Waals surface area contributed by atoms with Gasteiger partial charge in [0.25, 0.3) is 5.91 Å². The van der Waals surface area contributed by atoms with Gasteiger partial charge in [-0.15, -0.1) is 0 Å². The van der Waals surface area contributed by atoms with Crippen molar-refractivity contribution in [1.29, 1.82) is 0 Å². The number of likely N-dealkylation sites (tertiary alicyclic amines) is 1. The number of aryl methyl sites for hydroxylation is 2. The molecule has 1 aromatic carbocycles. The van der Waals surface area contributed by atoms with Crippen LogP contribution in [0.2, 0.25) is 0 Å². The molecule has 1 amide bonds. The van der Waals surface area contributed by atoms with E-state index in [1.807, 2.05) is 18.2 Å². The van der Waals surface area contributed by atoms with E-state index in [-0.39, 0.29) is 18.6 Å². The molecule has 1 aromatic heterocycles. The Balaban J connectivity index is 1.29. The third kappa shape index (κ3) is 3.93. The molecule has 0 saturated carbocycles. The highest BCUT2D eigenvalue weighted by molar-refractivity contribution is 5.77. The Labute approximate surface area is 154 Å². The van der Waals surface area contributed by atoms with Crippen molar-refractivity contribution in [2.75, 3.05) is 26.2 Å². The second kappa shape index (κ2) is 7.96. The Morgan fingerprint density at radius 2 is 2.00 bits per heavy atom. The van der Waals surface area contributed by atoms with Gasteiger partial charge in [-0.2, -0.15) is 0 Å². The Morgan fingerprint density at radius 3 is 2.81 bits per heavy atom. The highest BCUT2D eigenvalue weighted by Crippen LogP contribution is 2.25. The molecule has 4 rings (SSSR count). The fourth-order valence-corrected chi connectivity index (χ4v) is 4.17. The van der Waals surface area contributed by atoms with Gasteiger partial charge in [0.1, 0.15) is 5.75 Å². The summed E-state index contributed by atoms with van der Waals surface area (Å²) in [5, 5.41) is 3.03. The predicted octanol–water partition coefficient (Wildman–Crippen LogP) is 1.68. The molecule has 0 unspecified atom stereocenters. The number of rotatable bonds is 7. The number of hydrogen-bond acceptors (Lipinski definition) is 3. The van der Waals surface area contributed by atoms with Gasteiger partial charge >= 0.3 is 0 Å². The van der Waals surface area contributed by atoms with E-state index >= 15 is 0 Å². The summed E-state index contributed by atoms with van der Waals surface area (Å²) in [5.41, 5.74) is 2.77. The van der Waals surface area contributed by atoms with E-state index in [2.05, 4.69) is 17.4 Å². The minimum atomic E-state index is -0.0827. The number of nitrogens with one attached hydrogen (secondary N) is 2. The average Bonchev–Trinajstić information content (AvgIpc) is 3.41. The maximum atomic E-state index is 12.3. The Hall–Kier alpha value is -2.27. The summed E-state index contributed by atoms with van der Waals surface area (Å²) in [5.74, 6) is 1.65. The first-order valence-corrected chi connectivity index (χ1v) is 9.69. The van der Waals surface area contributed by atoms with E-state index in [1.165, 1.54) is 35.3 Å². The summed E-state index contributed by atoms with van der Waals surface area (Å²) in [6, 6.07) is 10.3. The number of ether oxygens (including phenoxy) is 1. The topological polar surface area (TPSA) is 55.9 Å². The van der Waals surface area contributed by atoms with Gasteiger partial charge in [0, 0.05) is 12.8 Å². The zero-order valence-electron chi connectivity index (χ0n) is 15.1. The molecule has 138 valence electrons. The van der Waals surface area contributed by atoms with Crippen molar-refractivity contribution in [2.45, 2.75) is 38.1 Å². The molecule has 2 N–H and O–H groups in total. The third-order valence-corrected chi connectivity index (χ3v) is 5.57. The molecule has 0 radical (unpaired) electrons. The quantitative estimate of drug-likeness (QED) is 0.795. The monoisotopic (exact) mass is 355 g/mol. The lowest BCUT2D eigenvalue weighted by Gasteiger charge is -2.23. The number of amides is 1. The normalized spacial score (nSPS) is 17.8. The molecule has 2 aromatic rings. The van der Waals surface area contributed by atoms with Crippen LogP contribution in [0, 0.1) is 0 Å². The summed E-state index contributed by atoms with van der Waals surface area (Å²) in [4.78, 5) is 13.7. The maximum Gasteiger partial charge on any atom is 0.258 e. The van der Waals surface area contributed by atoms with Gasteiger partial charge in [0.15, 0.2) is 18.4 Å². The van der Waals surface area contributed by atoms with Crippen LogP contribution in [-0.2, 0) is 17.6 Å². The van der Waals surface area contributed by atoms with Gasteiger partial charge < -0.3 is 19.4 Å². The van der Waals surface area contributed by atoms with E-state index in [0.29, 0.717) is 6.54 Å². The van der Waals surface area contributed by atoms with Crippen LogP contribution in [0.4, 0.5) is 0 Å². The van der Waals surface area contributed by atoms with E-state index in [1.54, 1.807) is 6.26 Å². The number of carbonyl (C=O) groups is 1. The Morgan fingerprint density at radius 1 is 1.15 bits per heavy atom. The zero-order chi connectivity index (χ0) is 17.8. The minimum Gasteiger partial charge on any atom is -0.484 e. The van der Waals surface area contributed by atoms with E-state index in [9.17, 15) is 4.79 Å². The first-order valence-electron chi connectivity index (χ1n) is 9.69. The van der Waals surface area contributed by atoms with Crippen molar-refractivity contribution >= 4 is 5.91 Å². The number of quaternary nitrogens is 1. The van der Waals surface area contributed by atoms with Crippen LogP contribution in [0.1, 0.15) is 42.2 Å². The molecule has 1 atom stereocenters. The van der Waals surface area contributed by atoms with Crippen LogP contribution in [0.3, 0.4) is 0 Å². The lowest BCUT2D eigenvalue weighted by Crippen LogP contribution is -3.11. The van der Waals surface area contributed by atoms with Crippen molar-refractivity contribution < 1.29 is 18.8 Å². The average molecular weight is 355 g/mol. The van der Waals surface area contributed by atoms with E-state index < -0.39 is 0 Å². The fourth-order valence-electron chi connectivity index (χ4n) is 4.17. The van der Waals surface area contributed by atoms with Crippen molar-refractivity contribution in [3.63, 3.8) is 0 Å². The smallest absolute Gasteiger partial charge is 0.258 e. The molecule has 26 heavy (non-hydrogen) atoms. The highest BCUT2D eigenvalue weighted by Gasteiger charge is 2.29. The van der Waals surface area contributed by atoms with Gasteiger partial charge in [0.2, 0.25) is 0 Å². The molecule has 1 aliphatic heterocycles. The number of furan rings is 1. The molecule has 5 nitrogen and oxygen atoms in total. The molecular formula is C21H27N2O3+. The summed E-state index contributed by atoms with van der Waals surface area (Å²) < 4.78 is 11.3. The van der Waals surface area contributed by atoms with Crippen molar-refractivity contribution in [3.05, 3.63) is 53.5 Å². The summed E-state index contributed by atoms with van der Waals surface area (Å²) in [6.07, 6.45) is 7.66. The second-order valence-corrected chi connectivity index (χ2v) is 7.31. The van der Waals surface area contributed by atoms with Crippen LogP contribution < -0.4 is 15.0 Å². The van der Waals surface area contributed by atoms with Gasteiger partial charge in [-0.1, -0.05) is 6.07 Å². The predicted molar refractivity (Wildman–Crippen MR) is 98.4 cm³/mol. The highest BCUT2D eigenvalue weighted by atomic mass is 16.5. The molecule has 5 heteroatoms. The summed E-state index contributed by atoms with van der Waals surface area (Å²) in [6.45, 7) is 2.90. The molecule has 1 aliphatic carbocycles. The van der Waals surface area contributed by atoms with Crippen LogP contribution in [-0.4, -0.2) is 32.1 Å². The lowest BCUT2D eigenvalue weighted by molar-refractivity contribution is -0.919. The first-order chi connectivity index (χ1) is 12.8. The molecule has 2 heterocycles. The van der Waals surface area contributed by atoms with Gasteiger partial charge in [-0.3, -0.25) is 4.79 Å². The molecule has 1 fully saturated rings. The Kier molecular flexibility index (Phi) is 5.25. The minimum absolute atomic E-state index is 0.0546.